The molecule has 2 heterocycles. The second-order valence-electron chi connectivity index (χ2n) is 7.35. The van der Waals surface area contributed by atoms with Crippen LogP contribution in [0.2, 0.25) is 0 Å². The Labute approximate surface area is 183 Å². The molecule has 0 amide bonds. The van der Waals surface area contributed by atoms with E-state index >= 15 is 0 Å². The molecule has 7 heteroatoms. The van der Waals surface area contributed by atoms with Crippen molar-refractivity contribution in [2.24, 2.45) is 5.10 Å². The molecule has 0 atom stereocenters. The van der Waals surface area contributed by atoms with Crippen LogP contribution in [-0.2, 0) is 0 Å². The number of benzene rings is 3. The van der Waals surface area contributed by atoms with E-state index in [1.54, 1.807) is 18.2 Å². The molecule has 0 aliphatic heterocycles. The zero-order chi connectivity index (χ0) is 22.1. The van der Waals surface area contributed by atoms with Gasteiger partial charge in [0.15, 0.2) is 17.3 Å². The largest absolute Gasteiger partial charge is 0.504 e. The monoisotopic (exact) mass is 424 g/mol. The number of rotatable bonds is 4. The van der Waals surface area contributed by atoms with E-state index in [2.05, 4.69) is 20.5 Å². The van der Waals surface area contributed by atoms with Gasteiger partial charge < -0.3 is 14.3 Å². The number of nitrogens with zero attached hydrogens (tertiary/aromatic N) is 3. The summed E-state index contributed by atoms with van der Waals surface area (Å²) in [5.74, 6) is 1.64. The van der Waals surface area contributed by atoms with Gasteiger partial charge in [0, 0.05) is 22.4 Å². The van der Waals surface area contributed by atoms with Crippen molar-refractivity contribution in [1.29, 1.82) is 0 Å². The maximum Gasteiger partial charge on any atom is 0.161 e. The molecule has 7 nitrogen and oxygen atoms in total. The number of aryl methyl sites for hydroxylation is 1. The summed E-state index contributed by atoms with van der Waals surface area (Å²) in [7, 11) is 1.51. The molecule has 0 aliphatic rings. The minimum Gasteiger partial charge on any atom is -0.504 e. The van der Waals surface area contributed by atoms with Crippen LogP contribution < -0.4 is 15.5 Å². The number of phenols is 1. The van der Waals surface area contributed by atoms with E-state index in [1.807, 2.05) is 55.5 Å². The molecule has 0 radical (unpaired) electrons. The number of anilines is 1. The molecule has 158 valence electrons. The van der Waals surface area contributed by atoms with Gasteiger partial charge in [0.25, 0.3) is 0 Å². The van der Waals surface area contributed by atoms with Gasteiger partial charge in [0.1, 0.15) is 17.7 Å². The highest BCUT2D eigenvalue weighted by Crippen LogP contribution is 2.32. The summed E-state index contributed by atoms with van der Waals surface area (Å²) in [5, 5.41) is 17.0. The van der Waals surface area contributed by atoms with E-state index in [9.17, 15) is 5.11 Å². The number of methoxy groups -OCH3 is 1. The summed E-state index contributed by atoms with van der Waals surface area (Å²) in [6, 6.07) is 20.6. The number of ether oxygens (including phenoxy) is 1. The Morgan fingerprint density at radius 1 is 0.969 bits per heavy atom. The highest BCUT2D eigenvalue weighted by molar-refractivity contribution is 5.88. The van der Waals surface area contributed by atoms with Crippen LogP contribution in [0, 0.1) is 6.92 Å². The molecule has 5 aromatic rings. The Balaban J connectivity index is 1.68. The molecule has 0 unspecified atom stereocenters. The minimum absolute atomic E-state index is 0.0647. The van der Waals surface area contributed by atoms with E-state index in [0.29, 0.717) is 28.3 Å². The third-order valence-electron chi connectivity index (χ3n) is 5.19. The summed E-state index contributed by atoms with van der Waals surface area (Å²) >= 11 is 0. The molecule has 0 bridgehead atoms. The molecule has 2 aromatic heterocycles. The quantitative estimate of drug-likeness (QED) is 0.395. The molecule has 2 N–H and O–H groups in total. The Bertz CT molecular complexity index is 1520. The molecule has 0 saturated heterocycles. The van der Waals surface area contributed by atoms with Gasteiger partial charge in [-0.3, -0.25) is 5.43 Å². The van der Waals surface area contributed by atoms with Gasteiger partial charge in [-0.1, -0.05) is 23.8 Å². The van der Waals surface area contributed by atoms with Crippen LogP contribution in [0.15, 0.2) is 82.6 Å². The van der Waals surface area contributed by atoms with E-state index < -0.39 is 0 Å². The van der Waals surface area contributed by atoms with Gasteiger partial charge in [0.05, 0.1) is 18.0 Å². The van der Waals surface area contributed by atoms with Gasteiger partial charge in [-0.2, -0.15) is 5.10 Å². The Hall–Kier alpha value is -4.39. The normalized spacial score (nSPS) is 11.8. The molecule has 0 spiro atoms. The lowest BCUT2D eigenvalue weighted by Crippen LogP contribution is -2.08. The van der Waals surface area contributed by atoms with Crippen LogP contribution in [0.4, 0.5) is 5.82 Å². The Morgan fingerprint density at radius 3 is 2.72 bits per heavy atom. The van der Waals surface area contributed by atoms with E-state index in [-0.39, 0.29) is 5.75 Å². The fourth-order valence-corrected chi connectivity index (χ4v) is 3.56. The number of hydrogen-bond acceptors (Lipinski definition) is 7. The summed E-state index contributed by atoms with van der Waals surface area (Å²) < 4.78 is 11.4. The SMILES string of the molecule is COc1cc(-c2cc(=NNc3ncnc4ccccc34)c3cc(C)ccc3o2)ccc1O. The van der Waals surface area contributed by atoms with Crippen LogP contribution in [0.1, 0.15) is 5.56 Å². The van der Waals surface area contributed by atoms with E-state index in [1.165, 1.54) is 13.4 Å². The third-order valence-corrected chi connectivity index (χ3v) is 5.19. The molecule has 5 rings (SSSR count). The Kier molecular flexibility index (Phi) is 4.91. The smallest absolute Gasteiger partial charge is 0.161 e. The molecular formula is C25H20N4O3. The van der Waals surface area contributed by atoms with E-state index in [4.69, 9.17) is 9.15 Å². The number of hydrogen-bond donors (Lipinski definition) is 2. The predicted octanol–water partition coefficient (Wildman–Crippen LogP) is 4.99. The minimum atomic E-state index is 0.0647. The van der Waals surface area contributed by atoms with Crippen LogP contribution >= 0.6 is 0 Å². The predicted molar refractivity (Wildman–Crippen MR) is 123 cm³/mol. The van der Waals surface area contributed by atoms with E-state index in [0.717, 1.165) is 27.4 Å². The topological polar surface area (TPSA) is 92.8 Å². The first-order valence-electron chi connectivity index (χ1n) is 10.0. The molecule has 32 heavy (non-hydrogen) atoms. The van der Waals surface area contributed by atoms with Crippen molar-refractivity contribution in [2.75, 3.05) is 12.5 Å². The van der Waals surface area contributed by atoms with Gasteiger partial charge in [0.2, 0.25) is 0 Å². The average Bonchev–Trinajstić information content (AvgIpc) is 2.82. The number of fused-ring (bicyclic) bond motifs is 2. The number of aromatic hydroxyl groups is 1. The lowest BCUT2D eigenvalue weighted by molar-refractivity contribution is 0.373. The zero-order valence-corrected chi connectivity index (χ0v) is 17.5. The molecule has 3 aromatic carbocycles. The molecule has 0 fully saturated rings. The van der Waals surface area contributed by atoms with Crippen molar-refractivity contribution < 1.29 is 14.3 Å². The molecule has 0 aliphatic carbocycles. The summed E-state index contributed by atoms with van der Waals surface area (Å²) in [4.78, 5) is 8.64. The summed E-state index contributed by atoms with van der Waals surface area (Å²) in [5.41, 5.74) is 6.46. The number of phenolic OH excluding ortho intramolecular Hbond substituents is 1. The van der Waals surface area contributed by atoms with Crippen molar-refractivity contribution in [3.05, 3.63) is 84.0 Å². The van der Waals surface area contributed by atoms with Crippen molar-refractivity contribution >= 4 is 27.7 Å². The van der Waals surface area contributed by atoms with Crippen LogP contribution in [0.3, 0.4) is 0 Å². The van der Waals surface area contributed by atoms with Crippen LogP contribution in [-0.4, -0.2) is 22.2 Å². The van der Waals surface area contributed by atoms with Crippen molar-refractivity contribution in [1.82, 2.24) is 9.97 Å². The van der Waals surface area contributed by atoms with Crippen molar-refractivity contribution in [3.8, 4) is 22.8 Å². The van der Waals surface area contributed by atoms with Gasteiger partial charge in [-0.05, 0) is 49.4 Å². The highest BCUT2D eigenvalue weighted by Gasteiger charge is 2.10. The average molecular weight is 424 g/mol. The second-order valence-corrected chi connectivity index (χ2v) is 7.35. The fraction of sp³-hybridized carbons (Fsp3) is 0.0800. The van der Waals surface area contributed by atoms with Crippen LogP contribution in [0.25, 0.3) is 33.2 Å². The highest BCUT2D eigenvalue weighted by atomic mass is 16.5. The molecular weight excluding hydrogens is 404 g/mol. The lowest BCUT2D eigenvalue weighted by Gasteiger charge is -2.09. The first-order valence-corrected chi connectivity index (χ1v) is 10.0. The summed E-state index contributed by atoms with van der Waals surface area (Å²) in [6.07, 6.45) is 1.51. The van der Waals surface area contributed by atoms with Gasteiger partial charge >= 0.3 is 0 Å². The van der Waals surface area contributed by atoms with Crippen molar-refractivity contribution in [2.45, 2.75) is 6.92 Å². The fourth-order valence-electron chi connectivity index (χ4n) is 3.56. The standard InChI is InChI=1S/C25H20N4O3/c1-15-7-10-22-18(11-15)20(13-23(32-22)16-8-9-21(30)24(12-16)31-2)28-29-25-17-5-3-4-6-19(17)26-14-27-25/h3-14,30H,1-2H3,(H,26,27,29). The maximum atomic E-state index is 9.94. The molecule has 0 saturated carbocycles. The van der Waals surface area contributed by atoms with Crippen LogP contribution in [0.5, 0.6) is 11.5 Å². The maximum absolute atomic E-state index is 9.94. The Morgan fingerprint density at radius 2 is 1.84 bits per heavy atom. The zero-order valence-electron chi connectivity index (χ0n) is 17.5. The summed E-state index contributed by atoms with van der Waals surface area (Å²) in [6.45, 7) is 2.02. The third kappa shape index (κ3) is 3.60. The second kappa shape index (κ2) is 8.03. The van der Waals surface area contributed by atoms with Crippen molar-refractivity contribution in [3.63, 3.8) is 0 Å². The number of nitrogens with one attached hydrogen (secondary N) is 1. The number of aromatic nitrogens is 2. The lowest BCUT2D eigenvalue weighted by atomic mass is 10.1. The first-order chi connectivity index (χ1) is 15.6. The van der Waals surface area contributed by atoms with Gasteiger partial charge in [-0.15, -0.1) is 0 Å². The number of para-hydroxylation sites is 1. The van der Waals surface area contributed by atoms with Gasteiger partial charge in [-0.25, -0.2) is 9.97 Å². The first kappa shape index (κ1) is 19.6.